The van der Waals surface area contributed by atoms with E-state index in [1.54, 1.807) is 17.1 Å². The van der Waals surface area contributed by atoms with Crippen molar-refractivity contribution in [2.45, 2.75) is 6.42 Å². The Morgan fingerprint density at radius 2 is 2.21 bits per heavy atom. The number of carboxylic acid groups (broad SMARTS) is 1. The first-order chi connectivity index (χ1) is 9.24. The second-order valence-corrected chi connectivity index (χ2v) is 4.45. The second kappa shape index (κ2) is 4.68. The van der Waals surface area contributed by atoms with Gasteiger partial charge in [-0.3, -0.25) is 4.79 Å². The topological polar surface area (TPSA) is 84.1 Å². The van der Waals surface area contributed by atoms with E-state index in [0.29, 0.717) is 25.3 Å². The highest BCUT2D eigenvalue weighted by Gasteiger charge is 2.28. The van der Waals surface area contributed by atoms with Gasteiger partial charge in [0.2, 0.25) is 0 Å². The minimum atomic E-state index is -0.746. The van der Waals surface area contributed by atoms with Crippen LogP contribution in [0.1, 0.15) is 6.42 Å². The molecule has 98 valence electrons. The molecule has 2 aromatic rings. The molecule has 0 saturated carbocycles. The van der Waals surface area contributed by atoms with Crippen LogP contribution in [0.15, 0.2) is 30.9 Å². The number of nitrogens with zero attached hydrogens (tertiary/aromatic N) is 5. The van der Waals surface area contributed by atoms with E-state index in [1.807, 2.05) is 17.0 Å². The lowest BCUT2D eigenvalue weighted by molar-refractivity contribution is -0.140. The lowest BCUT2D eigenvalue weighted by atomic mass is 10.1. The summed E-state index contributed by atoms with van der Waals surface area (Å²) in [7, 11) is 0. The zero-order valence-electron chi connectivity index (χ0n) is 10.2. The maximum absolute atomic E-state index is 11.0. The van der Waals surface area contributed by atoms with Crippen LogP contribution in [0, 0.1) is 5.92 Å². The van der Waals surface area contributed by atoms with Gasteiger partial charge in [-0.05, 0) is 12.5 Å². The monoisotopic (exact) mass is 259 g/mol. The average Bonchev–Trinajstić information content (AvgIpc) is 3.10. The van der Waals surface area contributed by atoms with Crippen LogP contribution < -0.4 is 4.90 Å². The Morgan fingerprint density at radius 1 is 1.37 bits per heavy atom. The fourth-order valence-electron chi connectivity index (χ4n) is 2.21. The van der Waals surface area contributed by atoms with Gasteiger partial charge >= 0.3 is 5.97 Å². The van der Waals surface area contributed by atoms with Crippen molar-refractivity contribution < 1.29 is 9.90 Å². The van der Waals surface area contributed by atoms with Crippen LogP contribution in [-0.2, 0) is 4.79 Å². The average molecular weight is 259 g/mol. The molecule has 1 saturated heterocycles. The van der Waals surface area contributed by atoms with Crippen molar-refractivity contribution in [3.8, 4) is 5.82 Å². The standard InChI is InChI=1S/C12H13N5O2/c18-12(19)9-2-5-16(7-9)10-6-11(14-8-13-10)17-4-1-3-15-17/h1,3-4,6,8-9H,2,5,7H2,(H,18,19)/t9-/m1/s1. The molecule has 3 heterocycles. The molecule has 7 heteroatoms. The summed E-state index contributed by atoms with van der Waals surface area (Å²) in [4.78, 5) is 21.3. The SMILES string of the molecule is O=C(O)[C@@H]1CCN(c2cc(-n3cccn3)ncn2)C1. The van der Waals surface area contributed by atoms with Gasteiger partial charge < -0.3 is 10.0 Å². The third kappa shape index (κ3) is 2.26. The third-order valence-corrected chi connectivity index (χ3v) is 3.24. The molecule has 0 amide bonds. The molecule has 3 rings (SSSR count). The molecule has 1 aliphatic heterocycles. The number of anilines is 1. The Hall–Kier alpha value is -2.44. The second-order valence-electron chi connectivity index (χ2n) is 4.45. The van der Waals surface area contributed by atoms with Gasteiger partial charge in [0.1, 0.15) is 12.1 Å². The zero-order valence-corrected chi connectivity index (χ0v) is 10.2. The van der Waals surface area contributed by atoms with Crippen molar-refractivity contribution >= 4 is 11.8 Å². The number of hydrogen-bond donors (Lipinski definition) is 1. The van der Waals surface area contributed by atoms with Crippen LogP contribution in [0.5, 0.6) is 0 Å². The van der Waals surface area contributed by atoms with Gasteiger partial charge in [-0.25, -0.2) is 14.6 Å². The Bertz CT molecular complexity index is 584. The number of aromatic nitrogens is 4. The molecule has 0 bridgehead atoms. The smallest absolute Gasteiger partial charge is 0.308 e. The molecule has 0 unspecified atom stereocenters. The quantitative estimate of drug-likeness (QED) is 0.867. The fourth-order valence-corrected chi connectivity index (χ4v) is 2.21. The Kier molecular flexibility index (Phi) is 2.86. The Labute approximate surface area is 109 Å². The number of carboxylic acids is 1. The molecular weight excluding hydrogens is 246 g/mol. The van der Waals surface area contributed by atoms with Crippen LogP contribution in [0.25, 0.3) is 5.82 Å². The molecule has 1 fully saturated rings. The summed E-state index contributed by atoms with van der Waals surface area (Å²) in [5.74, 6) is 0.352. The first kappa shape index (κ1) is 11.6. The van der Waals surface area contributed by atoms with Crippen molar-refractivity contribution in [3.05, 3.63) is 30.9 Å². The lowest BCUT2D eigenvalue weighted by Crippen LogP contribution is -2.23. The van der Waals surface area contributed by atoms with E-state index in [9.17, 15) is 4.79 Å². The van der Waals surface area contributed by atoms with E-state index in [-0.39, 0.29) is 5.92 Å². The van der Waals surface area contributed by atoms with Crippen molar-refractivity contribution in [2.75, 3.05) is 18.0 Å². The minimum Gasteiger partial charge on any atom is -0.481 e. The summed E-state index contributed by atoms with van der Waals surface area (Å²) < 4.78 is 1.65. The largest absolute Gasteiger partial charge is 0.481 e. The van der Waals surface area contributed by atoms with E-state index in [1.165, 1.54) is 6.33 Å². The van der Waals surface area contributed by atoms with Crippen LogP contribution >= 0.6 is 0 Å². The number of carbonyl (C=O) groups is 1. The van der Waals surface area contributed by atoms with Crippen LogP contribution in [0.2, 0.25) is 0 Å². The highest BCUT2D eigenvalue weighted by molar-refractivity contribution is 5.71. The maximum Gasteiger partial charge on any atom is 0.308 e. The molecule has 1 aliphatic rings. The molecule has 0 aromatic carbocycles. The Balaban J connectivity index is 1.83. The van der Waals surface area contributed by atoms with E-state index in [2.05, 4.69) is 15.1 Å². The lowest BCUT2D eigenvalue weighted by Gasteiger charge is -2.16. The summed E-state index contributed by atoms with van der Waals surface area (Å²) in [5.41, 5.74) is 0. The van der Waals surface area contributed by atoms with Gasteiger partial charge in [-0.15, -0.1) is 0 Å². The Morgan fingerprint density at radius 3 is 2.89 bits per heavy atom. The van der Waals surface area contributed by atoms with Crippen LogP contribution in [0.4, 0.5) is 5.82 Å². The van der Waals surface area contributed by atoms with E-state index in [4.69, 9.17) is 5.11 Å². The summed E-state index contributed by atoms with van der Waals surface area (Å²) in [6.45, 7) is 1.19. The predicted molar refractivity (Wildman–Crippen MR) is 67.1 cm³/mol. The fraction of sp³-hybridized carbons (Fsp3) is 0.333. The molecule has 0 spiro atoms. The zero-order chi connectivity index (χ0) is 13.2. The third-order valence-electron chi connectivity index (χ3n) is 3.24. The highest BCUT2D eigenvalue weighted by Crippen LogP contribution is 2.22. The van der Waals surface area contributed by atoms with Gasteiger partial charge in [0.05, 0.1) is 5.92 Å². The summed E-state index contributed by atoms with van der Waals surface area (Å²) in [6, 6.07) is 3.63. The molecule has 7 nitrogen and oxygen atoms in total. The van der Waals surface area contributed by atoms with Gasteiger partial charge in [0, 0.05) is 31.5 Å². The van der Waals surface area contributed by atoms with Gasteiger partial charge in [0.15, 0.2) is 5.82 Å². The molecule has 19 heavy (non-hydrogen) atoms. The molecule has 0 radical (unpaired) electrons. The van der Waals surface area contributed by atoms with E-state index < -0.39 is 5.97 Å². The molecular formula is C12H13N5O2. The van der Waals surface area contributed by atoms with E-state index >= 15 is 0 Å². The number of aliphatic carboxylic acids is 1. The molecule has 0 aliphatic carbocycles. The molecule has 2 aromatic heterocycles. The van der Waals surface area contributed by atoms with Gasteiger partial charge in [-0.1, -0.05) is 0 Å². The predicted octanol–water partition coefficient (Wildman–Crippen LogP) is 0.573. The molecule has 1 atom stereocenters. The summed E-state index contributed by atoms with van der Waals surface area (Å²) in [5, 5.41) is 13.1. The summed E-state index contributed by atoms with van der Waals surface area (Å²) >= 11 is 0. The molecule has 1 N–H and O–H groups in total. The number of rotatable bonds is 3. The van der Waals surface area contributed by atoms with Gasteiger partial charge in [-0.2, -0.15) is 5.10 Å². The summed E-state index contributed by atoms with van der Waals surface area (Å²) in [6.07, 6.45) is 5.60. The van der Waals surface area contributed by atoms with E-state index in [0.717, 1.165) is 5.82 Å². The van der Waals surface area contributed by atoms with Crippen LogP contribution in [-0.4, -0.2) is 43.9 Å². The highest BCUT2D eigenvalue weighted by atomic mass is 16.4. The first-order valence-electron chi connectivity index (χ1n) is 6.04. The van der Waals surface area contributed by atoms with Crippen molar-refractivity contribution in [1.82, 2.24) is 19.7 Å². The van der Waals surface area contributed by atoms with Crippen molar-refractivity contribution in [1.29, 1.82) is 0 Å². The maximum atomic E-state index is 11.0. The number of hydrogen-bond acceptors (Lipinski definition) is 5. The minimum absolute atomic E-state index is 0.317. The normalized spacial score (nSPS) is 18.7. The van der Waals surface area contributed by atoms with Crippen molar-refractivity contribution in [3.63, 3.8) is 0 Å². The first-order valence-corrected chi connectivity index (χ1v) is 6.04. The van der Waals surface area contributed by atoms with Gasteiger partial charge in [0.25, 0.3) is 0 Å². The van der Waals surface area contributed by atoms with Crippen LogP contribution in [0.3, 0.4) is 0 Å². The van der Waals surface area contributed by atoms with Crippen molar-refractivity contribution in [2.24, 2.45) is 5.92 Å².